The van der Waals surface area contributed by atoms with Crippen LogP contribution in [0.25, 0.3) is 0 Å². The van der Waals surface area contributed by atoms with Crippen LogP contribution in [0.5, 0.6) is 0 Å². The van der Waals surface area contributed by atoms with Gasteiger partial charge in [0.25, 0.3) is 5.91 Å². The summed E-state index contributed by atoms with van der Waals surface area (Å²) >= 11 is 0. The topological polar surface area (TPSA) is 49.3 Å². The molecule has 2 saturated heterocycles. The van der Waals surface area contributed by atoms with Crippen molar-refractivity contribution in [3.63, 3.8) is 0 Å². The molecule has 126 valence electrons. The molecule has 5 nitrogen and oxygen atoms in total. The molecule has 5 heteroatoms. The molecule has 0 N–H and O–H groups in total. The second-order valence-corrected chi connectivity index (χ2v) is 6.76. The van der Waals surface area contributed by atoms with Gasteiger partial charge in [0, 0.05) is 31.7 Å². The number of nitrogens with zero attached hydrogens (tertiary/aromatic N) is 4. The molecular weight excluding hydrogens is 288 g/mol. The molecule has 2 aliphatic rings. The van der Waals surface area contributed by atoms with Crippen molar-refractivity contribution in [3.8, 4) is 0 Å². The van der Waals surface area contributed by atoms with E-state index in [0.717, 1.165) is 44.7 Å². The van der Waals surface area contributed by atoms with Crippen molar-refractivity contribution in [3.05, 3.63) is 17.6 Å². The maximum Gasteiger partial charge on any atom is 0.272 e. The zero-order chi connectivity index (χ0) is 16.2. The molecule has 0 aromatic carbocycles. The number of hydrogen-bond acceptors (Lipinski definition) is 4. The number of carbonyl (C=O) groups excluding carboxylic acids is 1. The summed E-state index contributed by atoms with van der Waals surface area (Å²) < 4.78 is 0. The highest BCUT2D eigenvalue weighted by atomic mass is 16.2. The molecule has 23 heavy (non-hydrogen) atoms. The number of rotatable bonds is 3. The lowest BCUT2D eigenvalue weighted by Gasteiger charge is -2.36. The number of amides is 1. The Hall–Kier alpha value is -1.65. The van der Waals surface area contributed by atoms with Crippen LogP contribution in [-0.4, -0.2) is 46.5 Å². The summed E-state index contributed by atoms with van der Waals surface area (Å²) in [6.07, 6.45) is 8.27. The van der Waals surface area contributed by atoms with E-state index in [9.17, 15) is 4.79 Å². The van der Waals surface area contributed by atoms with Crippen molar-refractivity contribution in [1.29, 1.82) is 0 Å². The quantitative estimate of drug-likeness (QED) is 0.859. The average molecular weight is 316 g/mol. The van der Waals surface area contributed by atoms with E-state index in [1.807, 2.05) is 17.9 Å². The fourth-order valence-electron chi connectivity index (χ4n) is 3.79. The van der Waals surface area contributed by atoms with Gasteiger partial charge in [-0.1, -0.05) is 6.92 Å². The Labute approximate surface area is 139 Å². The summed E-state index contributed by atoms with van der Waals surface area (Å²) in [5, 5.41) is 0. The van der Waals surface area contributed by atoms with Gasteiger partial charge in [-0.3, -0.25) is 4.79 Å². The highest BCUT2D eigenvalue weighted by Gasteiger charge is 2.25. The van der Waals surface area contributed by atoms with Gasteiger partial charge in [-0.05, 0) is 51.9 Å². The predicted octanol–water partition coefficient (Wildman–Crippen LogP) is 3.18. The molecule has 0 radical (unpaired) electrons. The molecule has 0 saturated carbocycles. The first-order valence-corrected chi connectivity index (χ1v) is 9.10. The Morgan fingerprint density at radius 2 is 1.87 bits per heavy atom. The summed E-state index contributed by atoms with van der Waals surface area (Å²) in [7, 11) is 0. The number of aromatic nitrogens is 2. The minimum Gasteiger partial charge on any atom is -0.354 e. The second-order valence-electron chi connectivity index (χ2n) is 6.76. The second kappa shape index (κ2) is 7.28. The van der Waals surface area contributed by atoms with Gasteiger partial charge in [-0.25, -0.2) is 9.97 Å². The lowest BCUT2D eigenvalue weighted by atomic mass is 10.00. The molecule has 0 spiro atoms. The van der Waals surface area contributed by atoms with E-state index in [1.54, 1.807) is 0 Å². The van der Waals surface area contributed by atoms with Crippen LogP contribution < -0.4 is 4.90 Å². The van der Waals surface area contributed by atoms with Crippen LogP contribution in [0.4, 0.5) is 5.82 Å². The minimum atomic E-state index is 0.0708. The van der Waals surface area contributed by atoms with Gasteiger partial charge in [-0.15, -0.1) is 0 Å². The van der Waals surface area contributed by atoms with Crippen molar-refractivity contribution in [2.24, 2.45) is 0 Å². The van der Waals surface area contributed by atoms with Gasteiger partial charge in [0.05, 0.1) is 0 Å². The Bertz CT molecular complexity index is 554. The summed E-state index contributed by atoms with van der Waals surface area (Å²) in [5.74, 6) is 1.70. The van der Waals surface area contributed by atoms with E-state index in [-0.39, 0.29) is 5.91 Å². The van der Waals surface area contributed by atoms with Crippen molar-refractivity contribution >= 4 is 11.7 Å². The van der Waals surface area contributed by atoms with Gasteiger partial charge in [0.15, 0.2) is 0 Å². The monoisotopic (exact) mass is 316 g/mol. The first kappa shape index (κ1) is 16.2. The molecular formula is C18H28N4O. The minimum absolute atomic E-state index is 0.0708. The number of anilines is 1. The average Bonchev–Trinajstić information content (AvgIpc) is 2.61. The number of likely N-dealkylation sites (tertiary alicyclic amines) is 1. The lowest BCUT2D eigenvalue weighted by molar-refractivity contribution is 0.0718. The third-order valence-corrected chi connectivity index (χ3v) is 5.08. The van der Waals surface area contributed by atoms with Gasteiger partial charge in [-0.2, -0.15) is 0 Å². The molecule has 1 aromatic rings. The molecule has 0 aliphatic carbocycles. The summed E-state index contributed by atoms with van der Waals surface area (Å²) in [6, 6.07) is 2.45. The fraction of sp³-hybridized carbons (Fsp3) is 0.722. The van der Waals surface area contributed by atoms with Gasteiger partial charge < -0.3 is 9.80 Å². The molecule has 2 aliphatic heterocycles. The predicted molar refractivity (Wildman–Crippen MR) is 91.8 cm³/mol. The number of carbonyl (C=O) groups is 1. The highest BCUT2D eigenvalue weighted by Crippen LogP contribution is 2.26. The summed E-state index contributed by atoms with van der Waals surface area (Å²) in [4.78, 5) is 26.1. The normalized spacial score (nSPS) is 22.3. The Morgan fingerprint density at radius 3 is 2.61 bits per heavy atom. The third-order valence-electron chi connectivity index (χ3n) is 5.08. The Kier molecular flexibility index (Phi) is 5.13. The molecule has 1 amide bonds. The fourth-order valence-corrected chi connectivity index (χ4v) is 3.79. The molecule has 3 rings (SSSR count). The van der Waals surface area contributed by atoms with Crippen molar-refractivity contribution in [2.45, 2.75) is 64.8 Å². The van der Waals surface area contributed by atoms with Crippen molar-refractivity contribution < 1.29 is 4.79 Å². The van der Waals surface area contributed by atoms with E-state index in [1.165, 1.54) is 25.7 Å². The first-order valence-electron chi connectivity index (χ1n) is 9.10. The smallest absolute Gasteiger partial charge is 0.272 e. The van der Waals surface area contributed by atoms with E-state index < -0.39 is 0 Å². The summed E-state index contributed by atoms with van der Waals surface area (Å²) in [5.41, 5.74) is 0.565. The number of aryl methyl sites for hydroxylation is 1. The van der Waals surface area contributed by atoms with E-state index in [0.29, 0.717) is 17.6 Å². The number of hydrogen-bond donors (Lipinski definition) is 0. The van der Waals surface area contributed by atoms with Gasteiger partial charge in [0.1, 0.15) is 17.3 Å². The zero-order valence-electron chi connectivity index (χ0n) is 14.4. The molecule has 1 aromatic heterocycles. The highest BCUT2D eigenvalue weighted by molar-refractivity contribution is 5.93. The van der Waals surface area contributed by atoms with Gasteiger partial charge in [0.2, 0.25) is 0 Å². The standard InChI is InChI=1S/C18H28N4O/c1-3-15-9-5-8-12-22(15)17-13-16(19-14(2)20-17)18(23)21-10-6-4-7-11-21/h13,15H,3-12H2,1-2H3. The molecule has 1 unspecified atom stereocenters. The van der Waals surface area contributed by atoms with Crippen LogP contribution in [0.3, 0.4) is 0 Å². The largest absolute Gasteiger partial charge is 0.354 e. The maximum absolute atomic E-state index is 12.8. The SMILES string of the molecule is CCC1CCCCN1c1cc(C(=O)N2CCCCC2)nc(C)n1. The van der Waals surface area contributed by atoms with E-state index >= 15 is 0 Å². The van der Waals surface area contributed by atoms with E-state index in [4.69, 9.17) is 0 Å². The zero-order valence-corrected chi connectivity index (χ0v) is 14.4. The van der Waals surface area contributed by atoms with Crippen LogP contribution in [0.2, 0.25) is 0 Å². The number of piperidine rings is 2. The van der Waals surface area contributed by atoms with Crippen LogP contribution in [0.15, 0.2) is 6.07 Å². The Morgan fingerprint density at radius 1 is 1.13 bits per heavy atom. The Balaban J connectivity index is 1.84. The molecule has 0 bridgehead atoms. The van der Waals surface area contributed by atoms with Crippen LogP contribution in [-0.2, 0) is 0 Å². The van der Waals surface area contributed by atoms with Crippen molar-refractivity contribution in [2.75, 3.05) is 24.5 Å². The van der Waals surface area contributed by atoms with Crippen LogP contribution >= 0.6 is 0 Å². The van der Waals surface area contributed by atoms with E-state index in [2.05, 4.69) is 21.8 Å². The van der Waals surface area contributed by atoms with Gasteiger partial charge >= 0.3 is 0 Å². The lowest BCUT2D eigenvalue weighted by Crippen LogP contribution is -2.40. The third kappa shape index (κ3) is 3.65. The molecule has 1 atom stereocenters. The maximum atomic E-state index is 12.8. The van der Waals surface area contributed by atoms with Crippen LogP contribution in [0, 0.1) is 6.92 Å². The molecule has 2 fully saturated rings. The molecule has 3 heterocycles. The van der Waals surface area contributed by atoms with Crippen molar-refractivity contribution in [1.82, 2.24) is 14.9 Å². The summed E-state index contributed by atoms with van der Waals surface area (Å²) in [6.45, 7) is 6.88. The van der Waals surface area contributed by atoms with Crippen LogP contribution in [0.1, 0.15) is 68.2 Å². The first-order chi connectivity index (χ1) is 11.2.